The summed E-state index contributed by atoms with van der Waals surface area (Å²) in [6.45, 7) is 1.81. The minimum Gasteiger partial charge on any atom is -0.478 e. The van der Waals surface area contributed by atoms with E-state index < -0.39 is 17.8 Å². The molecule has 112 valence electrons. The molecule has 0 spiro atoms. The summed E-state index contributed by atoms with van der Waals surface area (Å²) in [5.41, 5.74) is 0.748. The van der Waals surface area contributed by atoms with Crippen molar-refractivity contribution < 1.29 is 24.6 Å². The Bertz CT molecular complexity index is 767. The number of anilines is 1. The van der Waals surface area contributed by atoms with Crippen molar-refractivity contribution in [2.75, 3.05) is 5.32 Å². The third-order valence-electron chi connectivity index (χ3n) is 3.13. The molecule has 0 heterocycles. The predicted octanol–water partition coefficient (Wildman–Crippen LogP) is 2.64. The number of nitrogens with one attached hydrogen (secondary N) is 1. The normalized spacial score (nSPS) is 10.0. The van der Waals surface area contributed by atoms with Crippen LogP contribution in [0.5, 0.6) is 0 Å². The molecule has 0 bridgehead atoms. The fourth-order valence-corrected chi connectivity index (χ4v) is 1.96. The van der Waals surface area contributed by atoms with Crippen molar-refractivity contribution in [1.82, 2.24) is 0 Å². The van der Waals surface area contributed by atoms with Gasteiger partial charge in [0.15, 0.2) is 0 Å². The Morgan fingerprint density at radius 3 is 2.18 bits per heavy atom. The van der Waals surface area contributed by atoms with Gasteiger partial charge in [0.25, 0.3) is 5.91 Å². The summed E-state index contributed by atoms with van der Waals surface area (Å²) in [4.78, 5) is 34.4. The molecule has 0 aliphatic rings. The molecule has 0 saturated carbocycles. The van der Waals surface area contributed by atoms with Gasteiger partial charge in [0, 0.05) is 5.69 Å². The van der Waals surface area contributed by atoms with Crippen LogP contribution >= 0.6 is 0 Å². The molecule has 6 heteroatoms. The fourth-order valence-electron chi connectivity index (χ4n) is 1.96. The van der Waals surface area contributed by atoms with Crippen molar-refractivity contribution in [3.05, 3.63) is 64.7 Å². The first kappa shape index (κ1) is 15.2. The van der Waals surface area contributed by atoms with Gasteiger partial charge in [-0.1, -0.05) is 18.2 Å². The molecule has 0 unspecified atom stereocenters. The van der Waals surface area contributed by atoms with Gasteiger partial charge in [-0.25, -0.2) is 9.59 Å². The standard InChI is InChI=1S/C16H13NO5/c1-9-4-2-3-5-13(9)17-14(18)11-7-6-10(15(19)20)8-12(11)16(21)22/h2-8H,1H3,(H,17,18)(H,19,20)(H,21,22). The summed E-state index contributed by atoms with van der Waals surface area (Å²) in [6.07, 6.45) is 0. The smallest absolute Gasteiger partial charge is 0.336 e. The molecule has 0 radical (unpaired) electrons. The SMILES string of the molecule is Cc1ccccc1NC(=O)c1ccc(C(=O)O)cc1C(=O)O. The number of carbonyl (C=O) groups excluding carboxylic acids is 1. The third kappa shape index (κ3) is 3.12. The van der Waals surface area contributed by atoms with Crippen LogP contribution in [0.15, 0.2) is 42.5 Å². The lowest BCUT2D eigenvalue weighted by molar-refractivity contribution is 0.0692. The van der Waals surface area contributed by atoms with Gasteiger partial charge in [0.05, 0.1) is 16.7 Å². The topological polar surface area (TPSA) is 104 Å². The van der Waals surface area contributed by atoms with Gasteiger partial charge in [0.2, 0.25) is 0 Å². The van der Waals surface area contributed by atoms with Crippen LogP contribution < -0.4 is 5.32 Å². The van der Waals surface area contributed by atoms with E-state index in [-0.39, 0.29) is 16.7 Å². The number of aryl methyl sites for hydroxylation is 1. The lowest BCUT2D eigenvalue weighted by atomic mass is 10.0. The predicted molar refractivity (Wildman–Crippen MR) is 79.5 cm³/mol. The second kappa shape index (κ2) is 6.09. The molecule has 0 aromatic heterocycles. The minimum atomic E-state index is -1.36. The lowest BCUT2D eigenvalue weighted by Gasteiger charge is -2.10. The van der Waals surface area contributed by atoms with Crippen LogP contribution in [0.3, 0.4) is 0 Å². The van der Waals surface area contributed by atoms with Crippen molar-refractivity contribution in [2.45, 2.75) is 6.92 Å². The van der Waals surface area contributed by atoms with Gasteiger partial charge >= 0.3 is 11.9 Å². The van der Waals surface area contributed by atoms with Crippen molar-refractivity contribution in [3.8, 4) is 0 Å². The van der Waals surface area contributed by atoms with Gasteiger partial charge in [-0.05, 0) is 36.8 Å². The van der Waals surface area contributed by atoms with E-state index in [1.165, 1.54) is 12.1 Å². The Balaban J connectivity index is 2.39. The minimum absolute atomic E-state index is 0.0965. The molecule has 2 aromatic carbocycles. The maximum Gasteiger partial charge on any atom is 0.336 e. The lowest BCUT2D eigenvalue weighted by Crippen LogP contribution is -2.17. The number of carboxylic acid groups (broad SMARTS) is 2. The number of para-hydroxylation sites is 1. The maximum atomic E-state index is 12.3. The zero-order chi connectivity index (χ0) is 16.3. The van der Waals surface area contributed by atoms with Crippen molar-refractivity contribution in [1.29, 1.82) is 0 Å². The molecule has 0 aliphatic carbocycles. The molecule has 2 aromatic rings. The Hall–Kier alpha value is -3.15. The molecule has 2 rings (SSSR count). The van der Waals surface area contributed by atoms with E-state index >= 15 is 0 Å². The van der Waals surface area contributed by atoms with Gasteiger partial charge < -0.3 is 15.5 Å². The van der Waals surface area contributed by atoms with E-state index in [1.54, 1.807) is 25.1 Å². The summed E-state index contributed by atoms with van der Waals surface area (Å²) in [6, 6.07) is 10.4. The van der Waals surface area contributed by atoms with E-state index in [0.29, 0.717) is 5.69 Å². The largest absolute Gasteiger partial charge is 0.478 e. The number of aromatic carboxylic acids is 2. The zero-order valence-electron chi connectivity index (χ0n) is 11.7. The third-order valence-corrected chi connectivity index (χ3v) is 3.13. The average Bonchev–Trinajstić information content (AvgIpc) is 2.48. The quantitative estimate of drug-likeness (QED) is 0.805. The number of hydrogen-bond donors (Lipinski definition) is 3. The van der Waals surface area contributed by atoms with Gasteiger partial charge in [0.1, 0.15) is 0 Å². The first-order chi connectivity index (χ1) is 10.4. The molecule has 0 aliphatic heterocycles. The van der Waals surface area contributed by atoms with Crippen LogP contribution in [0.2, 0.25) is 0 Å². The highest BCUT2D eigenvalue weighted by atomic mass is 16.4. The van der Waals surface area contributed by atoms with Crippen LogP contribution in [0.25, 0.3) is 0 Å². The van der Waals surface area contributed by atoms with E-state index in [1.807, 2.05) is 6.07 Å². The number of benzene rings is 2. The van der Waals surface area contributed by atoms with E-state index in [0.717, 1.165) is 11.6 Å². The summed E-state index contributed by atoms with van der Waals surface area (Å²) >= 11 is 0. The van der Waals surface area contributed by atoms with E-state index in [4.69, 9.17) is 10.2 Å². The molecular formula is C16H13NO5. The van der Waals surface area contributed by atoms with Crippen LogP contribution in [0, 0.1) is 6.92 Å². The summed E-state index contributed by atoms with van der Waals surface area (Å²) in [5.74, 6) is -3.23. The number of carbonyl (C=O) groups is 3. The Labute approximate surface area is 126 Å². The highest BCUT2D eigenvalue weighted by molar-refractivity contribution is 6.11. The molecule has 0 saturated heterocycles. The number of rotatable bonds is 4. The maximum absolute atomic E-state index is 12.3. The van der Waals surface area contributed by atoms with Gasteiger partial charge in [-0.15, -0.1) is 0 Å². The number of carboxylic acids is 2. The average molecular weight is 299 g/mol. The summed E-state index contributed by atoms with van der Waals surface area (Å²) in [5, 5.41) is 20.7. The second-order valence-electron chi connectivity index (χ2n) is 4.64. The summed E-state index contributed by atoms with van der Waals surface area (Å²) < 4.78 is 0. The van der Waals surface area contributed by atoms with Crippen LogP contribution in [-0.4, -0.2) is 28.1 Å². The van der Waals surface area contributed by atoms with Crippen LogP contribution in [0.1, 0.15) is 36.6 Å². The highest BCUT2D eigenvalue weighted by Crippen LogP contribution is 2.18. The Morgan fingerprint density at radius 1 is 0.909 bits per heavy atom. The van der Waals surface area contributed by atoms with E-state index in [9.17, 15) is 14.4 Å². The molecule has 1 amide bonds. The monoisotopic (exact) mass is 299 g/mol. The Kier molecular flexibility index (Phi) is 4.22. The Morgan fingerprint density at radius 2 is 1.59 bits per heavy atom. The van der Waals surface area contributed by atoms with Crippen LogP contribution in [-0.2, 0) is 0 Å². The van der Waals surface area contributed by atoms with Crippen LogP contribution in [0.4, 0.5) is 5.69 Å². The highest BCUT2D eigenvalue weighted by Gasteiger charge is 2.19. The number of amides is 1. The zero-order valence-corrected chi connectivity index (χ0v) is 11.7. The fraction of sp³-hybridized carbons (Fsp3) is 0.0625. The van der Waals surface area contributed by atoms with Crippen molar-refractivity contribution in [2.24, 2.45) is 0 Å². The molecule has 0 atom stereocenters. The van der Waals surface area contributed by atoms with Crippen molar-refractivity contribution >= 4 is 23.5 Å². The molecule has 0 fully saturated rings. The number of hydrogen-bond acceptors (Lipinski definition) is 3. The van der Waals surface area contributed by atoms with Crippen molar-refractivity contribution in [3.63, 3.8) is 0 Å². The first-order valence-corrected chi connectivity index (χ1v) is 6.37. The molecular weight excluding hydrogens is 286 g/mol. The molecule has 3 N–H and O–H groups in total. The summed E-state index contributed by atoms with van der Waals surface area (Å²) in [7, 11) is 0. The molecule has 6 nitrogen and oxygen atoms in total. The van der Waals surface area contributed by atoms with E-state index in [2.05, 4.69) is 5.32 Å². The second-order valence-corrected chi connectivity index (χ2v) is 4.64. The molecule has 22 heavy (non-hydrogen) atoms. The van der Waals surface area contributed by atoms with Gasteiger partial charge in [-0.3, -0.25) is 4.79 Å². The first-order valence-electron chi connectivity index (χ1n) is 6.37. The van der Waals surface area contributed by atoms with Gasteiger partial charge in [-0.2, -0.15) is 0 Å².